The zero-order chi connectivity index (χ0) is 15.4. The number of hydrogen-bond donors (Lipinski definition) is 2. The van der Waals surface area contributed by atoms with Crippen LogP contribution in [0.2, 0.25) is 0 Å². The van der Waals surface area contributed by atoms with E-state index in [1.165, 1.54) is 0 Å². The molecule has 0 aliphatic carbocycles. The van der Waals surface area contributed by atoms with Crippen molar-refractivity contribution < 1.29 is 4.79 Å². The lowest BCUT2D eigenvalue weighted by atomic mass is 10.2. The van der Waals surface area contributed by atoms with E-state index < -0.39 is 0 Å². The van der Waals surface area contributed by atoms with E-state index in [9.17, 15) is 4.79 Å². The fourth-order valence-corrected chi connectivity index (χ4v) is 2.11. The van der Waals surface area contributed by atoms with Crippen molar-refractivity contribution in [3.63, 3.8) is 0 Å². The molecule has 1 heterocycles. The molecule has 2 rings (SSSR count). The number of halogens is 1. The smallest absolute Gasteiger partial charge is 0.253 e. The number of nitrogens with one attached hydrogen (secondary N) is 2. The third-order valence-corrected chi connectivity index (χ3v) is 3.76. The van der Waals surface area contributed by atoms with Crippen molar-refractivity contribution in [1.29, 1.82) is 0 Å². The highest BCUT2D eigenvalue weighted by Gasteiger charge is 2.08. The second-order valence-corrected chi connectivity index (χ2v) is 6.03. The molecule has 0 saturated heterocycles. The lowest BCUT2D eigenvalue weighted by Crippen LogP contribution is -2.30. The first-order valence-corrected chi connectivity index (χ1v) is 7.54. The summed E-state index contributed by atoms with van der Waals surface area (Å²) in [7, 11) is 0. The Morgan fingerprint density at radius 3 is 2.62 bits per heavy atom. The molecule has 4 nitrogen and oxygen atoms in total. The van der Waals surface area contributed by atoms with Crippen LogP contribution in [0.5, 0.6) is 0 Å². The average molecular weight is 348 g/mol. The van der Waals surface area contributed by atoms with Crippen LogP contribution in [0.25, 0.3) is 0 Å². The summed E-state index contributed by atoms with van der Waals surface area (Å²) in [6, 6.07) is 7.88. The van der Waals surface area contributed by atoms with Crippen LogP contribution in [0, 0.1) is 6.92 Å². The van der Waals surface area contributed by atoms with Gasteiger partial charge in [0, 0.05) is 22.4 Å². The summed E-state index contributed by atoms with van der Waals surface area (Å²) >= 11 is 3.48. The lowest BCUT2D eigenvalue weighted by molar-refractivity contribution is 0.0943. The summed E-state index contributed by atoms with van der Waals surface area (Å²) in [5.74, 6) is -0.117. The monoisotopic (exact) mass is 347 g/mol. The topological polar surface area (TPSA) is 54.0 Å². The van der Waals surface area contributed by atoms with Crippen LogP contribution in [0.15, 0.2) is 41.1 Å². The molecule has 0 radical (unpaired) electrons. The quantitative estimate of drug-likeness (QED) is 0.877. The van der Waals surface area contributed by atoms with Gasteiger partial charge in [-0.2, -0.15) is 0 Å². The predicted molar refractivity (Wildman–Crippen MR) is 89.0 cm³/mol. The molecule has 0 unspecified atom stereocenters. The minimum Gasteiger partial charge on any atom is -0.354 e. The zero-order valence-electron chi connectivity index (χ0n) is 12.3. The van der Waals surface area contributed by atoms with Crippen molar-refractivity contribution in [1.82, 2.24) is 10.3 Å². The lowest BCUT2D eigenvalue weighted by Gasteiger charge is -2.11. The molecule has 21 heavy (non-hydrogen) atoms. The van der Waals surface area contributed by atoms with Crippen molar-refractivity contribution in [2.75, 3.05) is 5.32 Å². The number of aryl methyl sites for hydroxylation is 1. The van der Waals surface area contributed by atoms with Crippen molar-refractivity contribution in [3.05, 3.63) is 52.3 Å². The Balaban J connectivity index is 2.17. The van der Waals surface area contributed by atoms with Gasteiger partial charge in [-0.15, -0.1) is 0 Å². The molecular weight excluding hydrogens is 330 g/mol. The molecule has 1 amide bonds. The van der Waals surface area contributed by atoms with Gasteiger partial charge in [-0.1, -0.05) is 15.9 Å². The molecule has 0 bridgehead atoms. The predicted octanol–water partition coefficient (Wildman–Crippen LogP) is 4.03. The van der Waals surface area contributed by atoms with Gasteiger partial charge in [0.05, 0.1) is 17.4 Å². The fraction of sp³-hybridized carbons (Fsp3) is 0.250. The minimum absolute atomic E-state index is 0.100. The number of anilines is 2. The van der Waals surface area contributed by atoms with E-state index in [0.717, 1.165) is 21.4 Å². The number of carbonyl (C=O) groups excluding carboxylic acids is 1. The molecule has 0 spiro atoms. The highest BCUT2D eigenvalue weighted by Crippen LogP contribution is 2.23. The largest absolute Gasteiger partial charge is 0.354 e. The van der Waals surface area contributed by atoms with E-state index in [4.69, 9.17) is 0 Å². The Kier molecular flexibility index (Phi) is 4.96. The van der Waals surface area contributed by atoms with Crippen LogP contribution in [-0.4, -0.2) is 16.9 Å². The molecule has 0 fully saturated rings. The van der Waals surface area contributed by atoms with Gasteiger partial charge >= 0.3 is 0 Å². The molecule has 0 aliphatic rings. The second kappa shape index (κ2) is 6.72. The maximum atomic E-state index is 12.0. The van der Waals surface area contributed by atoms with Gasteiger partial charge in [0.1, 0.15) is 0 Å². The van der Waals surface area contributed by atoms with Crippen LogP contribution in [0.1, 0.15) is 29.8 Å². The van der Waals surface area contributed by atoms with E-state index in [-0.39, 0.29) is 11.9 Å². The van der Waals surface area contributed by atoms with Gasteiger partial charge in [-0.3, -0.25) is 9.78 Å². The Labute approximate surface area is 133 Å². The van der Waals surface area contributed by atoms with Crippen molar-refractivity contribution in [2.24, 2.45) is 0 Å². The summed E-state index contributed by atoms with van der Waals surface area (Å²) in [4.78, 5) is 16.1. The Bertz CT molecular complexity index is 656. The SMILES string of the molecule is Cc1cc(Nc2cncc(C(=O)NC(C)C)c2)ccc1Br. The molecule has 1 aromatic carbocycles. The van der Waals surface area contributed by atoms with Gasteiger partial charge in [-0.05, 0) is 50.6 Å². The van der Waals surface area contributed by atoms with Gasteiger partial charge in [0.25, 0.3) is 5.91 Å². The molecule has 1 aromatic heterocycles. The summed E-state index contributed by atoms with van der Waals surface area (Å²) in [5.41, 5.74) is 3.43. The molecule has 5 heteroatoms. The Morgan fingerprint density at radius 2 is 1.95 bits per heavy atom. The molecule has 2 N–H and O–H groups in total. The number of benzene rings is 1. The molecule has 110 valence electrons. The van der Waals surface area contributed by atoms with E-state index >= 15 is 0 Å². The number of aromatic nitrogens is 1. The van der Waals surface area contributed by atoms with Crippen LogP contribution in [-0.2, 0) is 0 Å². The molecule has 0 aliphatic heterocycles. The zero-order valence-corrected chi connectivity index (χ0v) is 13.9. The van der Waals surface area contributed by atoms with Gasteiger partial charge in [0.15, 0.2) is 0 Å². The summed E-state index contributed by atoms with van der Waals surface area (Å²) in [5, 5.41) is 6.11. The summed E-state index contributed by atoms with van der Waals surface area (Å²) in [6.45, 7) is 5.89. The molecule has 2 aromatic rings. The number of hydrogen-bond acceptors (Lipinski definition) is 3. The number of rotatable bonds is 4. The second-order valence-electron chi connectivity index (χ2n) is 5.18. The van der Waals surface area contributed by atoms with Crippen molar-refractivity contribution in [2.45, 2.75) is 26.8 Å². The van der Waals surface area contributed by atoms with Crippen LogP contribution in [0.3, 0.4) is 0 Å². The Hall–Kier alpha value is -1.88. The van der Waals surface area contributed by atoms with Crippen LogP contribution in [0.4, 0.5) is 11.4 Å². The normalized spacial score (nSPS) is 10.5. The van der Waals surface area contributed by atoms with Gasteiger partial charge in [-0.25, -0.2) is 0 Å². The third-order valence-electron chi connectivity index (χ3n) is 2.87. The van der Waals surface area contributed by atoms with Gasteiger partial charge in [0.2, 0.25) is 0 Å². The number of amides is 1. The van der Waals surface area contributed by atoms with Crippen LogP contribution < -0.4 is 10.6 Å². The fourth-order valence-electron chi connectivity index (χ4n) is 1.87. The average Bonchev–Trinajstić information content (AvgIpc) is 2.42. The maximum Gasteiger partial charge on any atom is 0.253 e. The van der Waals surface area contributed by atoms with E-state index in [2.05, 4.69) is 31.5 Å². The highest BCUT2D eigenvalue weighted by atomic mass is 79.9. The van der Waals surface area contributed by atoms with E-state index in [1.54, 1.807) is 18.5 Å². The molecular formula is C16H18BrN3O. The van der Waals surface area contributed by atoms with Crippen LogP contribution >= 0.6 is 15.9 Å². The van der Waals surface area contributed by atoms with Gasteiger partial charge < -0.3 is 10.6 Å². The number of pyridine rings is 1. The maximum absolute atomic E-state index is 12.0. The van der Waals surface area contributed by atoms with Crippen molar-refractivity contribution >= 4 is 33.2 Å². The third kappa shape index (κ3) is 4.29. The standard InChI is InChI=1S/C16H18BrN3O/c1-10(2)19-16(21)12-7-14(9-18-8-12)20-13-4-5-15(17)11(3)6-13/h4-10,20H,1-3H3,(H,19,21). The number of carbonyl (C=O) groups is 1. The minimum atomic E-state index is -0.117. The molecule has 0 saturated carbocycles. The highest BCUT2D eigenvalue weighted by molar-refractivity contribution is 9.10. The first kappa shape index (κ1) is 15.5. The molecule has 0 atom stereocenters. The first-order valence-electron chi connectivity index (χ1n) is 6.75. The van der Waals surface area contributed by atoms with E-state index in [0.29, 0.717) is 5.56 Å². The Morgan fingerprint density at radius 1 is 1.19 bits per heavy atom. The summed E-state index contributed by atoms with van der Waals surface area (Å²) in [6.07, 6.45) is 3.26. The summed E-state index contributed by atoms with van der Waals surface area (Å²) < 4.78 is 1.07. The van der Waals surface area contributed by atoms with E-state index in [1.807, 2.05) is 39.0 Å². The number of nitrogens with zero attached hydrogens (tertiary/aromatic N) is 1. The first-order chi connectivity index (χ1) is 9.95. The van der Waals surface area contributed by atoms with Crippen molar-refractivity contribution in [3.8, 4) is 0 Å².